The van der Waals surface area contributed by atoms with Crippen LogP contribution in [0, 0.1) is 0 Å². The number of fused-ring (bicyclic) bond motifs is 1. The molecule has 0 radical (unpaired) electrons. The summed E-state index contributed by atoms with van der Waals surface area (Å²) in [4.78, 5) is 25.5. The highest BCUT2D eigenvalue weighted by Gasteiger charge is 2.22. The normalized spacial score (nSPS) is 18.7. The molecule has 0 aliphatic carbocycles. The zero-order valence-electron chi connectivity index (χ0n) is 10.6. The summed E-state index contributed by atoms with van der Waals surface area (Å²) in [5.41, 5.74) is 2.35. The Labute approximate surface area is 111 Å². The topological polar surface area (TPSA) is 58.6 Å². The first-order valence-corrected chi connectivity index (χ1v) is 6.54. The maximum absolute atomic E-state index is 12.4. The Morgan fingerprint density at radius 3 is 3.05 bits per heavy atom. The van der Waals surface area contributed by atoms with Crippen LogP contribution >= 0.6 is 0 Å². The van der Waals surface area contributed by atoms with Crippen LogP contribution in [-0.2, 0) is 16.0 Å². The molecular formula is C14H16N2O3. The molecule has 5 nitrogen and oxygen atoms in total. The van der Waals surface area contributed by atoms with E-state index >= 15 is 0 Å². The van der Waals surface area contributed by atoms with Gasteiger partial charge in [-0.25, -0.2) is 0 Å². The second kappa shape index (κ2) is 5.01. The van der Waals surface area contributed by atoms with Crippen molar-refractivity contribution in [1.82, 2.24) is 4.90 Å². The number of rotatable bonds is 1. The van der Waals surface area contributed by atoms with Crippen molar-refractivity contribution in [3.63, 3.8) is 0 Å². The number of benzene rings is 1. The molecule has 1 aromatic rings. The monoisotopic (exact) mass is 260 g/mol. The van der Waals surface area contributed by atoms with Gasteiger partial charge in [-0.15, -0.1) is 0 Å². The number of hydrogen-bond acceptors (Lipinski definition) is 3. The third-order valence-corrected chi connectivity index (χ3v) is 3.49. The Bertz CT molecular complexity index is 519. The van der Waals surface area contributed by atoms with E-state index in [-0.39, 0.29) is 11.8 Å². The Balaban J connectivity index is 1.80. The van der Waals surface area contributed by atoms with E-state index in [0.717, 1.165) is 24.2 Å². The van der Waals surface area contributed by atoms with Gasteiger partial charge in [-0.2, -0.15) is 0 Å². The van der Waals surface area contributed by atoms with Crippen molar-refractivity contribution in [2.24, 2.45) is 0 Å². The maximum Gasteiger partial charge on any atom is 0.254 e. The van der Waals surface area contributed by atoms with E-state index in [1.54, 1.807) is 12.1 Å². The number of hydrogen-bond donors (Lipinski definition) is 1. The van der Waals surface area contributed by atoms with E-state index in [0.29, 0.717) is 31.7 Å². The highest BCUT2D eigenvalue weighted by atomic mass is 16.5. The van der Waals surface area contributed by atoms with Gasteiger partial charge in [-0.1, -0.05) is 6.07 Å². The molecule has 1 aromatic carbocycles. The standard InChI is InChI=1S/C14H16N2O3/c17-13-9-10-2-3-11(8-12(10)15-13)14(18)16-4-1-6-19-7-5-16/h2-3,8H,1,4-7,9H2,(H,15,17). The summed E-state index contributed by atoms with van der Waals surface area (Å²) in [6.07, 6.45) is 1.27. The van der Waals surface area contributed by atoms with Crippen molar-refractivity contribution < 1.29 is 14.3 Å². The van der Waals surface area contributed by atoms with Crippen LogP contribution in [0.15, 0.2) is 18.2 Å². The zero-order valence-corrected chi connectivity index (χ0v) is 10.6. The molecule has 19 heavy (non-hydrogen) atoms. The fourth-order valence-electron chi connectivity index (χ4n) is 2.48. The molecule has 2 heterocycles. The van der Waals surface area contributed by atoms with E-state index in [2.05, 4.69) is 5.32 Å². The van der Waals surface area contributed by atoms with Gasteiger partial charge in [0, 0.05) is 30.9 Å². The van der Waals surface area contributed by atoms with Crippen LogP contribution in [0.4, 0.5) is 5.69 Å². The van der Waals surface area contributed by atoms with Crippen molar-refractivity contribution in [2.45, 2.75) is 12.8 Å². The van der Waals surface area contributed by atoms with Gasteiger partial charge in [0.25, 0.3) is 5.91 Å². The molecule has 1 N–H and O–H groups in total. The zero-order chi connectivity index (χ0) is 13.2. The predicted molar refractivity (Wildman–Crippen MR) is 70.1 cm³/mol. The van der Waals surface area contributed by atoms with Crippen LogP contribution < -0.4 is 5.32 Å². The summed E-state index contributed by atoms with van der Waals surface area (Å²) in [7, 11) is 0. The number of nitrogens with zero attached hydrogens (tertiary/aromatic N) is 1. The second-order valence-corrected chi connectivity index (χ2v) is 4.86. The van der Waals surface area contributed by atoms with Crippen LogP contribution in [-0.4, -0.2) is 43.0 Å². The van der Waals surface area contributed by atoms with Gasteiger partial charge in [0.1, 0.15) is 0 Å². The highest BCUT2D eigenvalue weighted by molar-refractivity contribution is 6.02. The minimum Gasteiger partial charge on any atom is -0.380 e. The second-order valence-electron chi connectivity index (χ2n) is 4.86. The first-order valence-electron chi connectivity index (χ1n) is 6.54. The number of carbonyl (C=O) groups excluding carboxylic acids is 2. The lowest BCUT2D eigenvalue weighted by atomic mass is 10.1. The summed E-state index contributed by atoms with van der Waals surface area (Å²) in [6.45, 7) is 2.65. The van der Waals surface area contributed by atoms with Crippen LogP contribution in [0.3, 0.4) is 0 Å². The van der Waals surface area contributed by atoms with Gasteiger partial charge in [0.2, 0.25) is 5.91 Å². The summed E-state index contributed by atoms with van der Waals surface area (Å²) >= 11 is 0. The number of carbonyl (C=O) groups is 2. The smallest absolute Gasteiger partial charge is 0.254 e. The molecule has 2 aliphatic heterocycles. The van der Waals surface area contributed by atoms with Gasteiger partial charge in [0.05, 0.1) is 13.0 Å². The minimum absolute atomic E-state index is 0.00875. The Kier molecular flexibility index (Phi) is 3.21. The number of ether oxygens (including phenoxy) is 1. The van der Waals surface area contributed by atoms with Gasteiger partial charge in [-0.05, 0) is 24.1 Å². The molecule has 0 atom stereocenters. The van der Waals surface area contributed by atoms with Crippen molar-refractivity contribution in [3.8, 4) is 0 Å². The lowest BCUT2D eigenvalue weighted by molar-refractivity contribution is -0.115. The minimum atomic E-state index is -0.0113. The number of amides is 2. The summed E-state index contributed by atoms with van der Waals surface area (Å²) in [5.74, 6) is -0.00257. The van der Waals surface area contributed by atoms with E-state index < -0.39 is 0 Å². The van der Waals surface area contributed by atoms with Gasteiger partial charge in [0.15, 0.2) is 0 Å². The maximum atomic E-state index is 12.4. The van der Waals surface area contributed by atoms with E-state index in [1.807, 2.05) is 11.0 Å². The van der Waals surface area contributed by atoms with E-state index in [9.17, 15) is 9.59 Å². The molecule has 0 spiro atoms. The Morgan fingerprint density at radius 2 is 2.16 bits per heavy atom. The molecule has 2 amide bonds. The first kappa shape index (κ1) is 12.2. The fraction of sp³-hybridized carbons (Fsp3) is 0.429. The van der Waals surface area contributed by atoms with Gasteiger partial charge in [-0.3, -0.25) is 9.59 Å². The fourth-order valence-corrected chi connectivity index (χ4v) is 2.48. The first-order chi connectivity index (χ1) is 9.24. The van der Waals surface area contributed by atoms with E-state index in [1.165, 1.54) is 0 Å². The third-order valence-electron chi connectivity index (χ3n) is 3.49. The van der Waals surface area contributed by atoms with Gasteiger partial charge < -0.3 is 15.0 Å². The molecule has 100 valence electrons. The lowest BCUT2D eigenvalue weighted by Crippen LogP contribution is -2.33. The summed E-state index contributed by atoms with van der Waals surface area (Å²) in [6, 6.07) is 5.43. The third kappa shape index (κ3) is 2.46. The van der Waals surface area contributed by atoms with Crippen LogP contribution in [0.1, 0.15) is 22.3 Å². The van der Waals surface area contributed by atoms with Crippen LogP contribution in [0.25, 0.3) is 0 Å². The van der Waals surface area contributed by atoms with Crippen molar-refractivity contribution in [3.05, 3.63) is 29.3 Å². The van der Waals surface area contributed by atoms with Crippen molar-refractivity contribution in [2.75, 3.05) is 31.6 Å². The molecule has 0 aromatic heterocycles. The molecule has 0 bridgehead atoms. The lowest BCUT2D eigenvalue weighted by Gasteiger charge is -2.19. The summed E-state index contributed by atoms with van der Waals surface area (Å²) in [5, 5.41) is 2.77. The molecule has 0 saturated carbocycles. The highest BCUT2D eigenvalue weighted by Crippen LogP contribution is 2.24. The van der Waals surface area contributed by atoms with Crippen LogP contribution in [0.2, 0.25) is 0 Å². The number of anilines is 1. The largest absolute Gasteiger partial charge is 0.380 e. The quantitative estimate of drug-likeness (QED) is 0.821. The molecule has 1 saturated heterocycles. The molecule has 1 fully saturated rings. The van der Waals surface area contributed by atoms with E-state index in [4.69, 9.17) is 4.74 Å². The van der Waals surface area contributed by atoms with Crippen LogP contribution in [0.5, 0.6) is 0 Å². The van der Waals surface area contributed by atoms with Gasteiger partial charge >= 0.3 is 0 Å². The average Bonchev–Trinajstić information content (AvgIpc) is 2.63. The molecular weight excluding hydrogens is 244 g/mol. The molecule has 5 heteroatoms. The molecule has 3 rings (SSSR count). The predicted octanol–water partition coefficient (Wildman–Crippen LogP) is 1.04. The average molecular weight is 260 g/mol. The number of nitrogens with one attached hydrogen (secondary N) is 1. The van der Waals surface area contributed by atoms with Crippen molar-refractivity contribution >= 4 is 17.5 Å². The summed E-state index contributed by atoms with van der Waals surface area (Å²) < 4.78 is 5.35. The molecule has 2 aliphatic rings. The van der Waals surface area contributed by atoms with Crippen molar-refractivity contribution in [1.29, 1.82) is 0 Å². The Morgan fingerprint density at radius 1 is 1.26 bits per heavy atom. The SMILES string of the molecule is O=C1Cc2ccc(C(=O)N3CCCOCC3)cc2N1. The Hall–Kier alpha value is -1.88. The molecule has 0 unspecified atom stereocenters.